The summed E-state index contributed by atoms with van der Waals surface area (Å²) >= 11 is 0. The topological polar surface area (TPSA) is 42.2 Å². The highest BCUT2D eigenvalue weighted by molar-refractivity contribution is 5.85. The van der Waals surface area contributed by atoms with Crippen molar-refractivity contribution in [1.29, 1.82) is 0 Å². The van der Waals surface area contributed by atoms with E-state index in [2.05, 4.69) is 16.7 Å². The van der Waals surface area contributed by atoms with Crippen molar-refractivity contribution in [1.82, 2.24) is 4.57 Å². The summed E-state index contributed by atoms with van der Waals surface area (Å²) in [7, 11) is 2.02. The maximum Gasteiger partial charge on any atom is 0.303 e. The molecule has 0 spiro atoms. The average molecular weight is 217 g/mol. The number of aryl methyl sites for hydroxylation is 2. The third kappa shape index (κ3) is 1.69. The number of carbonyl (C=O) groups is 1. The van der Waals surface area contributed by atoms with Crippen LogP contribution in [0.5, 0.6) is 0 Å². The molecule has 16 heavy (non-hydrogen) atoms. The first-order valence-corrected chi connectivity index (χ1v) is 5.36. The summed E-state index contributed by atoms with van der Waals surface area (Å²) in [6.45, 7) is 2.04. The Kier molecular flexibility index (Phi) is 2.69. The number of nitrogens with zero attached hydrogens (tertiary/aromatic N) is 1. The van der Waals surface area contributed by atoms with Gasteiger partial charge >= 0.3 is 5.97 Å². The molecule has 0 aliphatic heterocycles. The van der Waals surface area contributed by atoms with E-state index in [-0.39, 0.29) is 6.42 Å². The van der Waals surface area contributed by atoms with Crippen LogP contribution < -0.4 is 0 Å². The van der Waals surface area contributed by atoms with Crippen molar-refractivity contribution in [2.75, 3.05) is 0 Å². The first kappa shape index (κ1) is 10.7. The van der Waals surface area contributed by atoms with E-state index in [0.717, 1.165) is 11.3 Å². The van der Waals surface area contributed by atoms with Crippen LogP contribution in [-0.2, 0) is 18.3 Å². The highest BCUT2D eigenvalue weighted by Gasteiger charge is 2.11. The summed E-state index contributed by atoms with van der Waals surface area (Å²) in [5, 5.41) is 9.91. The van der Waals surface area contributed by atoms with Gasteiger partial charge in [-0.2, -0.15) is 0 Å². The largest absolute Gasteiger partial charge is 0.481 e. The van der Waals surface area contributed by atoms with Gasteiger partial charge in [0, 0.05) is 30.1 Å². The number of rotatable bonds is 3. The number of benzene rings is 1. The van der Waals surface area contributed by atoms with Crippen LogP contribution in [-0.4, -0.2) is 15.6 Å². The predicted octanol–water partition coefficient (Wildman–Crippen LogP) is 2.50. The summed E-state index contributed by atoms with van der Waals surface area (Å²) in [5.41, 5.74) is 3.48. The zero-order valence-electron chi connectivity index (χ0n) is 9.53. The minimum Gasteiger partial charge on any atom is -0.481 e. The summed E-state index contributed by atoms with van der Waals surface area (Å²) in [6.07, 6.45) is 0.789. The number of hydrogen-bond donors (Lipinski definition) is 1. The summed E-state index contributed by atoms with van der Waals surface area (Å²) in [5.74, 6) is -0.743. The van der Waals surface area contributed by atoms with Crippen molar-refractivity contribution in [3.05, 3.63) is 35.5 Å². The molecule has 1 N–H and O–H groups in total. The van der Waals surface area contributed by atoms with E-state index in [1.165, 1.54) is 10.9 Å². The molecule has 0 fully saturated rings. The van der Waals surface area contributed by atoms with E-state index in [1.54, 1.807) is 0 Å². The third-order valence-corrected chi connectivity index (χ3v) is 3.12. The molecule has 84 valence electrons. The fraction of sp³-hybridized carbons (Fsp3) is 0.308. The molecule has 0 radical (unpaired) electrons. The third-order valence-electron chi connectivity index (χ3n) is 3.12. The lowest BCUT2D eigenvalue weighted by molar-refractivity contribution is -0.136. The lowest BCUT2D eigenvalue weighted by atomic mass is 10.1. The number of para-hydroxylation sites is 1. The van der Waals surface area contributed by atoms with Crippen LogP contribution in [0.15, 0.2) is 24.3 Å². The maximum atomic E-state index is 10.6. The molecule has 0 saturated heterocycles. The minimum absolute atomic E-state index is 0.189. The standard InChI is InChI=1S/C13H15NO2/c1-9-10(7-8-13(15)16)11-5-3-4-6-12(11)14(9)2/h3-6H,7-8H2,1-2H3,(H,15,16). The highest BCUT2D eigenvalue weighted by atomic mass is 16.4. The molecule has 0 amide bonds. The van der Waals surface area contributed by atoms with E-state index in [0.29, 0.717) is 6.42 Å². The molecule has 1 aromatic heterocycles. The second-order valence-corrected chi connectivity index (χ2v) is 4.03. The quantitative estimate of drug-likeness (QED) is 0.858. The van der Waals surface area contributed by atoms with E-state index in [9.17, 15) is 4.79 Å². The number of aliphatic carboxylic acids is 1. The van der Waals surface area contributed by atoms with Gasteiger partial charge in [-0.05, 0) is 25.0 Å². The van der Waals surface area contributed by atoms with Crippen molar-refractivity contribution >= 4 is 16.9 Å². The SMILES string of the molecule is Cc1c(CCC(=O)O)c2ccccc2n1C. The molecule has 0 aliphatic carbocycles. The average Bonchev–Trinajstić information content (AvgIpc) is 2.50. The van der Waals surface area contributed by atoms with Gasteiger partial charge in [-0.25, -0.2) is 0 Å². The molecule has 1 heterocycles. The van der Waals surface area contributed by atoms with E-state index < -0.39 is 5.97 Å². The van der Waals surface area contributed by atoms with Gasteiger partial charge < -0.3 is 9.67 Å². The Hall–Kier alpha value is -1.77. The first-order chi connectivity index (χ1) is 7.61. The Morgan fingerprint density at radius 3 is 2.75 bits per heavy atom. The van der Waals surface area contributed by atoms with Gasteiger partial charge in [0.1, 0.15) is 0 Å². The second-order valence-electron chi connectivity index (χ2n) is 4.03. The lowest BCUT2D eigenvalue weighted by Crippen LogP contribution is -1.99. The van der Waals surface area contributed by atoms with Crippen molar-refractivity contribution in [3.63, 3.8) is 0 Å². The number of fused-ring (bicyclic) bond motifs is 1. The van der Waals surface area contributed by atoms with Gasteiger partial charge in [-0.3, -0.25) is 4.79 Å². The van der Waals surface area contributed by atoms with E-state index in [1.807, 2.05) is 26.1 Å². The molecule has 2 aromatic rings. The molecule has 3 nitrogen and oxygen atoms in total. The second kappa shape index (κ2) is 4.00. The Labute approximate surface area is 94.3 Å². The van der Waals surface area contributed by atoms with Gasteiger partial charge in [0.05, 0.1) is 0 Å². The first-order valence-electron chi connectivity index (χ1n) is 5.36. The Balaban J connectivity index is 2.51. The predicted molar refractivity (Wildman–Crippen MR) is 63.6 cm³/mol. The number of hydrogen-bond acceptors (Lipinski definition) is 1. The molecule has 1 aromatic carbocycles. The van der Waals surface area contributed by atoms with Crippen LogP contribution in [0.2, 0.25) is 0 Å². The van der Waals surface area contributed by atoms with Crippen LogP contribution in [0.25, 0.3) is 10.9 Å². The van der Waals surface area contributed by atoms with Crippen molar-refractivity contribution in [2.45, 2.75) is 19.8 Å². The fourth-order valence-corrected chi connectivity index (χ4v) is 2.15. The fourth-order valence-electron chi connectivity index (χ4n) is 2.15. The molecule has 3 heteroatoms. The normalized spacial score (nSPS) is 10.9. The zero-order chi connectivity index (χ0) is 11.7. The number of carboxylic acid groups (broad SMARTS) is 1. The van der Waals surface area contributed by atoms with Crippen molar-refractivity contribution in [2.24, 2.45) is 7.05 Å². The Morgan fingerprint density at radius 1 is 1.38 bits per heavy atom. The summed E-state index contributed by atoms with van der Waals surface area (Å²) in [4.78, 5) is 10.6. The van der Waals surface area contributed by atoms with E-state index >= 15 is 0 Å². The monoisotopic (exact) mass is 217 g/mol. The summed E-state index contributed by atoms with van der Waals surface area (Å²) < 4.78 is 2.12. The Morgan fingerprint density at radius 2 is 2.06 bits per heavy atom. The highest BCUT2D eigenvalue weighted by Crippen LogP contribution is 2.25. The molecule has 0 unspecified atom stereocenters. The number of aromatic nitrogens is 1. The molecule has 0 atom stereocenters. The molecule has 0 bridgehead atoms. The van der Waals surface area contributed by atoms with Gasteiger partial charge in [-0.1, -0.05) is 18.2 Å². The minimum atomic E-state index is -0.743. The van der Waals surface area contributed by atoms with Crippen LogP contribution in [0, 0.1) is 6.92 Å². The molecule has 0 aliphatic rings. The molecule has 2 rings (SSSR count). The van der Waals surface area contributed by atoms with Gasteiger partial charge in [0.15, 0.2) is 0 Å². The van der Waals surface area contributed by atoms with Gasteiger partial charge in [0.2, 0.25) is 0 Å². The van der Waals surface area contributed by atoms with Gasteiger partial charge in [0.25, 0.3) is 0 Å². The molecular formula is C13H15NO2. The van der Waals surface area contributed by atoms with Crippen LogP contribution in [0.1, 0.15) is 17.7 Å². The lowest BCUT2D eigenvalue weighted by Gasteiger charge is -2.00. The summed E-state index contributed by atoms with van der Waals surface area (Å²) in [6, 6.07) is 8.11. The van der Waals surface area contributed by atoms with Crippen molar-refractivity contribution < 1.29 is 9.90 Å². The van der Waals surface area contributed by atoms with E-state index in [4.69, 9.17) is 5.11 Å². The van der Waals surface area contributed by atoms with Crippen LogP contribution in [0.3, 0.4) is 0 Å². The van der Waals surface area contributed by atoms with Gasteiger partial charge in [-0.15, -0.1) is 0 Å². The maximum absolute atomic E-state index is 10.6. The van der Waals surface area contributed by atoms with Crippen LogP contribution in [0.4, 0.5) is 0 Å². The zero-order valence-corrected chi connectivity index (χ0v) is 9.53. The molecule has 0 saturated carbocycles. The number of carboxylic acids is 1. The smallest absolute Gasteiger partial charge is 0.303 e. The Bertz CT molecular complexity index is 540. The van der Waals surface area contributed by atoms with Crippen molar-refractivity contribution in [3.8, 4) is 0 Å². The van der Waals surface area contributed by atoms with Crippen LogP contribution >= 0.6 is 0 Å². The molecular weight excluding hydrogens is 202 g/mol.